The summed E-state index contributed by atoms with van der Waals surface area (Å²) in [6.45, 7) is 2.70. The lowest BCUT2D eigenvalue weighted by Crippen LogP contribution is -2.14. The molecule has 26 heavy (non-hydrogen) atoms. The van der Waals surface area contributed by atoms with Crippen molar-refractivity contribution in [3.63, 3.8) is 0 Å². The molecular formula is C18H16N6OS. The summed E-state index contributed by atoms with van der Waals surface area (Å²) < 4.78 is 1.96. The van der Waals surface area contributed by atoms with Crippen molar-refractivity contribution in [3.8, 4) is 17.5 Å². The van der Waals surface area contributed by atoms with Crippen LogP contribution in [0, 0.1) is 11.3 Å². The highest BCUT2D eigenvalue weighted by atomic mass is 32.2. The molecular weight excluding hydrogens is 348 g/mol. The Labute approximate surface area is 155 Å². The van der Waals surface area contributed by atoms with Crippen molar-refractivity contribution in [1.82, 2.24) is 19.7 Å². The minimum Gasteiger partial charge on any atom is -0.325 e. The monoisotopic (exact) mass is 364 g/mol. The van der Waals surface area contributed by atoms with E-state index >= 15 is 0 Å². The summed E-state index contributed by atoms with van der Waals surface area (Å²) in [6, 6.07) is 12.6. The lowest BCUT2D eigenvalue weighted by atomic mass is 10.2. The highest BCUT2D eigenvalue weighted by Crippen LogP contribution is 2.23. The average Bonchev–Trinajstić information content (AvgIpc) is 3.10. The van der Waals surface area contributed by atoms with Gasteiger partial charge in [0.1, 0.15) is 0 Å². The third kappa shape index (κ3) is 4.07. The Kier molecular flexibility index (Phi) is 5.61. The summed E-state index contributed by atoms with van der Waals surface area (Å²) in [7, 11) is 0. The van der Waals surface area contributed by atoms with Crippen LogP contribution >= 0.6 is 11.8 Å². The molecule has 0 aliphatic carbocycles. The zero-order chi connectivity index (χ0) is 18.4. The molecule has 1 aromatic carbocycles. The van der Waals surface area contributed by atoms with Crippen LogP contribution in [0.2, 0.25) is 0 Å². The van der Waals surface area contributed by atoms with Gasteiger partial charge in [0.15, 0.2) is 11.0 Å². The molecule has 130 valence electrons. The number of hydrogen-bond donors (Lipinski definition) is 1. The number of pyridine rings is 1. The fraction of sp³-hybridized carbons (Fsp3) is 0.167. The van der Waals surface area contributed by atoms with Crippen molar-refractivity contribution in [2.24, 2.45) is 0 Å². The summed E-state index contributed by atoms with van der Waals surface area (Å²) in [4.78, 5) is 16.2. The molecule has 3 aromatic rings. The first-order chi connectivity index (χ1) is 12.7. The second-order valence-corrected chi connectivity index (χ2v) is 6.26. The van der Waals surface area contributed by atoms with Gasteiger partial charge in [-0.05, 0) is 37.3 Å². The predicted octanol–water partition coefficient (Wildman–Crippen LogP) is 2.96. The summed E-state index contributed by atoms with van der Waals surface area (Å²) >= 11 is 1.32. The summed E-state index contributed by atoms with van der Waals surface area (Å²) in [6.07, 6.45) is 3.42. The van der Waals surface area contributed by atoms with Gasteiger partial charge in [-0.2, -0.15) is 5.26 Å². The Morgan fingerprint density at radius 3 is 2.81 bits per heavy atom. The molecule has 2 heterocycles. The molecule has 8 heteroatoms. The average molecular weight is 364 g/mol. The Morgan fingerprint density at radius 2 is 2.08 bits per heavy atom. The summed E-state index contributed by atoms with van der Waals surface area (Å²) in [5.74, 6) is 0.784. The number of nitriles is 1. The third-order valence-corrected chi connectivity index (χ3v) is 4.55. The van der Waals surface area contributed by atoms with Crippen molar-refractivity contribution in [3.05, 3.63) is 54.4 Å². The van der Waals surface area contributed by atoms with Crippen LogP contribution in [0.1, 0.15) is 12.5 Å². The Balaban J connectivity index is 1.67. The normalized spacial score (nSPS) is 10.3. The molecule has 0 saturated heterocycles. The van der Waals surface area contributed by atoms with Gasteiger partial charge in [0, 0.05) is 30.2 Å². The smallest absolute Gasteiger partial charge is 0.234 e. The Bertz CT molecular complexity index is 948. The van der Waals surface area contributed by atoms with Gasteiger partial charge in [0.05, 0.1) is 17.4 Å². The van der Waals surface area contributed by atoms with Gasteiger partial charge in [0.2, 0.25) is 5.91 Å². The zero-order valence-corrected chi connectivity index (χ0v) is 14.9. The van der Waals surface area contributed by atoms with Gasteiger partial charge in [-0.1, -0.05) is 17.8 Å². The largest absolute Gasteiger partial charge is 0.325 e. The van der Waals surface area contributed by atoms with Crippen LogP contribution in [0.3, 0.4) is 0 Å². The van der Waals surface area contributed by atoms with Crippen LogP contribution in [0.15, 0.2) is 53.9 Å². The number of anilines is 1. The quantitative estimate of drug-likeness (QED) is 0.676. The van der Waals surface area contributed by atoms with Crippen molar-refractivity contribution in [2.45, 2.75) is 18.6 Å². The van der Waals surface area contributed by atoms with Crippen LogP contribution in [0.25, 0.3) is 11.4 Å². The third-order valence-electron chi connectivity index (χ3n) is 3.58. The Morgan fingerprint density at radius 1 is 1.27 bits per heavy atom. The standard InChI is InChI=1S/C18H16N6OS/c1-2-24-17(14-6-8-20-9-7-14)22-23-18(24)26-12-16(25)21-15-5-3-4-13(10-15)11-19/h3-10H,2,12H2,1H3,(H,21,25). The lowest BCUT2D eigenvalue weighted by Gasteiger charge is -2.08. The maximum absolute atomic E-state index is 12.2. The number of benzene rings is 1. The molecule has 0 spiro atoms. The second kappa shape index (κ2) is 8.27. The lowest BCUT2D eigenvalue weighted by molar-refractivity contribution is -0.113. The number of nitrogens with one attached hydrogen (secondary N) is 1. The highest BCUT2D eigenvalue weighted by molar-refractivity contribution is 7.99. The van der Waals surface area contributed by atoms with Crippen LogP contribution < -0.4 is 5.32 Å². The molecule has 1 N–H and O–H groups in total. The highest BCUT2D eigenvalue weighted by Gasteiger charge is 2.14. The van der Waals surface area contributed by atoms with Crippen molar-refractivity contribution >= 4 is 23.4 Å². The number of nitrogens with zero attached hydrogens (tertiary/aromatic N) is 5. The van der Waals surface area contributed by atoms with E-state index in [9.17, 15) is 4.79 Å². The minimum absolute atomic E-state index is 0.166. The van der Waals surface area contributed by atoms with E-state index in [0.29, 0.717) is 23.0 Å². The molecule has 0 bridgehead atoms. The van der Waals surface area contributed by atoms with E-state index in [0.717, 1.165) is 11.4 Å². The molecule has 0 saturated carbocycles. The van der Waals surface area contributed by atoms with Crippen LogP contribution in [0.5, 0.6) is 0 Å². The topological polar surface area (TPSA) is 96.5 Å². The molecule has 0 radical (unpaired) electrons. The van der Waals surface area contributed by atoms with E-state index in [-0.39, 0.29) is 11.7 Å². The molecule has 3 rings (SSSR count). The van der Waals surface area contributed by atoms with E-state index < -0.39 is 0 Å². The maximum atomic E-state index is 12.2. The van der Waals surface area contributed by atoms with Gasteiger partial charge in [-0.15, -0.1) is 10.2 Å². The number of hydrogen-bond acceptors (Lipinski definition) is 6. The minimum atomic E-state index is -0.166. The van der Waals surface area contributed by atoms with Crippen LogP contribution in [-0.2, 0) is 11.3 Å². The molecule has 0 unspecified atom stereocenters. The number of carbonyl (C=O) groups is 1. The second-order valence-electron chi connectivity index (χ2n) is 5.32. The van der Waals surface area contributed by atoms with Crippen LogP contribution in [-0.4, -0.2) is 31.4 Å². The number of rotatable bonds is 6. The molecule has 7 nitrogen and oxygen atoms in total. The number of amides is 1. The first-order valence-corrected chi connectivity index (χ1v) is 8.96. The molecule has 0 atom stereocenters. The zero-order valence-electron chi connectivity index (χ0n) is 14.1. The summed E-state index contributed by atoms with van der Waals surface area (Å²) in [5, 5.41) is 20.8. The van der Waals surface area contributed by atoms with Crippen LogP contribution in [0.4, 0.5) is 5.69 Å². The fourth-order valence-corrected chi connectivity index (χ4v) is 3.19. The van der Waals surface area contributed by atoms with Gasteiger partial charge < -0.3 is 9.88 Å². The molecule has 0 aliphatic rings. The van der Waals surface area contributed by atoms with Gasteiger partial charge in [-0.3, -0.25) is 9.78 Å². The van der Waals surface area contributed by atoms with Gasteiger partial charge >= 0.3 is 0 Å². The van der Waals surface area contributed by atoms with Gasteiger partial charge in [0.25, 0.3) is 0 Å². The predicted molar refractivity (Wildman–Crippen MR) is 99.4 cm³/mol. The number of thioether (sulfide) groups is 1. The maximum Gasteiger partial charge on any atom is 0.234 e. The van der Waals surface area contributed by atoms with Crippen molar-refractivity contribution < 1.29 is 4.79 Å². The molecule has 0 aliphatic heterocycles. The molecule has 2 aromatic heterocycles. The van der Waals surface area contributed by atoms with Crippen molar-refractivity contribution in [2.75, 3.05) is 11.1 Å². The number of carbonyl (C=O) groups excluding carboxylic acids is 1. The van der Waals surface area contributed by atoms with E-state index in [2.05, 4.69) is 20.5 Å². The SMILES string of the molecule is CCn1c(SCC(=O)Nc2cccc(C#N)c2)nnc1-c1ccncc1. The molecule has 0 fully saturated rings. The van der Waals surface area contributed by atoms with E-state index in [1.807, 2.05) is 29.7 Å². The van der Waals surface area contributed by atoms with E-state index in [1.54, 1.807) is 36.7 Å². The number of aromatic nitrogens is 4. The van der Waals surface area contributed by atoms with E-state index in [1.165, 1.54) is 11.8 Å². The first-order valence-electron chi connectivity index (χ1n) is 7.97. The molecule has 1 amide bonds. The first kappa shape index (κ1) is 17.6. The van der Waals surface area contributed by atoms with Crippen molar-refractivity contribution in [1.29, 1.82) is 5.26 Å². The van der Waals surface area contributed by atoms with Gasteiger partial charge in [-0.25, -0.2) is 0 Å². The summed E-state index contributed by atoms with van der Waals surface area (Å²) in [5.41, 5.74) is 2.03. The Hall–Kier alpha value is -3.18. The fourth-order valence-electron chi connectivity index (χ4n) is 2.39. The van der Waals surface area contributed by atoms with E-state index in [4.69, 9.17) is 5.26 Å².